The quantitative estimate of drug-likeness (QED) is 0.350. The Balaban J connectivity index is 1.76. The zero-order chi connectivity index (χ0) is 23.6. The molecule has 2 aromatic heterocycles. The second-order valence-electron chi connectivity index (χ2n) is 6.51. The highest BCUT2D eigenvalue weighted by molar-refractivity contribution is 7.14. The minimum absolute atomic E-state index is 0.127. The van der Waals surface area contributed by atoms with E-state index in [0.717, 1.165) is 34.8 Å². The number of alkyl halides is 3. The fraction of sp³-hybridized carbons (Fsp3) is 0.150. The van der Waals surface area contributed by atoms with Gasteiger partial charge in [0.05, 0.1) is 26.6 Å². The van der Waals surface area contributed by atoms with Crippen LogP contribution in [0.3, 0.4) is 0 Å². The molecule has 2 amide bonds. The number of thiophene rings is 2. The van der Waals surface area contributed by atoms with Crippen molar-refractivity contribution in [2.24, 2.45) is 10.8 Å². The molecule has 0 radical (unpaired) electrons. The molecule has 0 fully saturated rings. The molecule has 0 aliphatic rings. The molecular weight excluding hydrogens is 467 g/mol. The molecule has 0 saturated carbocycles. The summed E-state index contributed by atoms with van der Waals surface area (Å²) in [6, 6.07) is 5.07. The van der Waals surface area contributed by atoms with Crippen molar-refractivity contribution in [3.8, 4) is 21.9 Å². The fourth-order valence-corrected chi connectivity index (χ4v) is 4.69. The number of primary amides is 1. The Bertz CT molecular complexity index is 1200. The topological polar surface area (TPSA) is 114 Å². The molecule has 0 atom stereocenters. The Morgan fingerprint density at radius 2 is 1.75 bits per heavy atom. The van der Waals surface area contributed by atoms with Crippen molar-refractivity contribution in [3.05, 3.63) is 56.6 Å². The molecule has 0 aliphatic carbocycles. The molecule has 32 heavy (non-hydrogen) atoms. The van der Waals surface area contributed by atoms with Gasteiger partial charge in [-0.1, -0.05) is 0 Å². The van der Waals surface area contributed by atoms with Gasteiger partial charge in [-0.3, -0.25) is 9.59 Å². The molecule has 1 aromatic carbocycles. The Labute approximate surface area is 187 Å². The van der Waals surface area contributed by atoms with Crippen LogP contribution in [0.1, 0.15) is 38.1 Å². The first-order chi connectivity index (χ1) is 15.0. The van der Waals surface area contributed by atoms with Gasteiger partial charge in [-0.05, 0) is 49.2 Å². The highest BCUT2D eigenvalue weighted by Crippen LogP contribution is 2.39. The molecule has 0 aliphatic heterocycles. The number of amides is 2. The lowest BCUT2D eigenvalue weighted by Crippen LogP contribution is -2.20. The summed E-state index contributed by atoms with van der Waals surface area (Å²) in [6.45, 7) is 3.17. The monoisotopic (exact) mass is 483 g/mol. The van der Waals surface area contributed by atoms with Crippen LogP contribution in [0.4, 0.5) is 13.2 Å². The molecule has 2 heterocycles. The van der Waals surface area contributed by atoms with Crippen molar-refractivity contribution in [3.63, 3.8) is 0 Å². The summed E-state index contributed by atoms with van der Waals surface area (Å²) in [5.74, 6) is -1.67. The van der Waals surface area contributed by atoms with Crippen LogP contribution in [-0.4, -0.2) is 29.0 Å². The highest BCUT2D eigenvalue weighted by atomic mass is 32.1. The third-order valence-electron chi connectivity index (χ3n) is 4.34. The van der Waals surface area contributed by atoms with E-state index in [1.165, 1.54) is 17.5 Å². The van der Waals surface area contributed by atoms with Gasteiger partial charge in [0, 0.05) is 10.8 Å². The molecule has 168 valence electrons. The first-order valence-corrected chi connectivity index (χ1v) is 10.6. The third kappa shape index (κ3) is 5.08. The number of hydrazone groups is 1. The number of halogens is 3. The lowest BCUT2D eigenvalue weighted by Gasteiger charge is -2.09. The minimum Gasteiger partial charge on any atom is -0.506 e. The number of nitrogens with two attached hydrogens (primary N) is 1. The molecule has 0 bridgehead atoms. The fourth-order valence-electron chi connectivity index (χ4n) is 2.76. The third-order valence-corrected chi connectivity index (χ3v) is 6.45. The first kappa shape index (κ1) is 23.3. The van der Waals surface area contributed by atoms with Crippen molar-refractivity contribution in [2.45, 2.75) is 20.2 Å². The number of hydrogen-bond acceptors (Lipinski definition) is 7. The van der Waals surface area contributed by atoms with Crippen LogP contribution >= 0.6 is 22.7 Å². The van der Waals surface area contributed by atoms with E-state index in [2.05, 4.69) is 15.3 Å². The lowest BCUT2D eigenvalue weighted by molar-refractivity contribution is -0.274. The van der Waals surface area contributed by atoms with Crippen LogP contribution in [0.15, 0.2) is 40.1 Å². The van der Waals surface area contributed by atoms with Gasteiger partial charge in [-0.2, -0.15) is 5.10 Å². The number of ether oxygens (including phenoxy) is 1. The second kappa shape index (κ2) is 9.01. The van der Waals surface area contributed by atoms with Crippen molar-refractivity contribution in [2.75, 3.05) is 0 Å². The Morgan fingerprint density at radius 1 is 1.12 bits per heavy atom. The molecule has 12 heteroatoms. The van der Waals surface area contributed by atoms with Crippen LogP contribution in [0.5, 0.6) is 11.5 Å². The molecule has 0 unspecified atom stereocenters. The van der Waals surface area contributed by atoms with Crippen LogP contribution < -0.4 is 15.9 Å². The van der Waals surface area contributed by atoms with E-state index in [1.807, 2.05) is 0 Å². The molecule has 4 N–H and O–H groups in total. The van der Waals surface area contributed by atoms with Gasteiger partial charge >= 0.3 is 6.36 Å². The summed E-state index contributed by atoms with van der Waals surface area (Å²) in [6.07, 6.45) is -4.79. The number of rotatable bonds is 6. The van der Waals surface area contributed by atoms with E-state index in [1.54, 1.807) is 19.2 Å². The lowest BCUT2D eigenvalue weighted by atomic mass is 10.1. The summed E-state index contributed by atoms with van der Waals surface area (Å²) in [4.78, 5) is 24.4. The molecule has 0 saturated heterocycles. The Kier molecular flexibility index (Phi) is 6.55. The SMILES string of the molecule is CC(=NNC(=O)c1csc(C(N)=O)c1C)c1csc(-c2ccc(OC(F)(F)F)cc2)c1O. The standard InChI is InChI=1S/C20H16F3N3O4S2/c1-9-13(7-31-16(9)18(24)28)19(29)26-25-10(2)14-8-32-17(15(14)27)11-3-5-12(6-4-11)30-20(21,22)23/h3-8,27H,1-2H3,(H2,24,28)(H,26,29). The largest absolute Gasteiger partial charge is 0.573 e. The maximum atomic E-state index is 12.4. The molecule has 7 nitrogen and oxygen atoms in total. The van der Waals surface area contributed by atoms with Crippen molar-refractivity contribution >= 4 is 40.2 Å². The van der Waals surface area contributed by atoms with Gasteiger partial charge in [0.2, 0.25) is 0 Å². The molecule has 3 rings (SSSR count). The van der Waals surface area contributed by atoms with Crippen molar-refractivity contribution in [1.29, 1.82) is 0 Å². The van der Waals surface area contributed by atoms with Crippen molar-refractivity contribution < 1.29 is 32.6 Å². The predicted octanol–water partition coefficient (Wildman–Crippen LogP) is 4.64. The van der Waals surface area contributed by atoms with Gasteiger partial charge in [-0.15, -0.1) is 35.8 Å². The number of hydrogen-bond donors (Lipinski definition) is 3. The van der Waals surface area contributed by atoms with Crippen LogP contribution in [-0.2, 0) is 0 Å². The summed E-state index contributed by atoms with van der Waals surface area (Å²) >= 11 is 2.22. The van der Waals surface area contributed by atoms with E-state index in [4.69, 9.17) is 5.73 Å². The average Bonchev–Trinajstić information content (AvgIpc) is 3.28. The average molecular weight is 483 g/mol. The summed E-state index contributed by atoms with van der Waals surface area (Å²) in [5.41, 5.74) is 9.47. The number of nitrogens with one attached hydrogen (secondary N) is 1. The predicted molar refractivity (Wildman–Crippen MR) is 115 cm³/mol. The Hall–Kier alpha value is -3.38. The second-order valence-corrected chi connectivity index (χ2v) is 8.26. The molecule has 0 spiro atoms. The van der Waals surface area contributed by atoms with Gasteiger partial charge in [0.25, 0.3) is 11.8 Å². The van der Waals surface area contributed by atoms with E-state index in [-0.39, 0.29) is 21.9 Å². The maximum Gasteiger partial charge on any atom is 0.573 e. The molecular formula is C20H16F3N3O4S2. The molecule has 3 aromatic rings. The van der Waals surface area contributed by atoms with Crippen LogP contribution in [0, 0.1) is 6.92 Å². The zero-order valence-corrected chi connectivity index (χ0v) is 18.2. The van der Waals surface area contributed by atoms with E-state index in [0.29, 0.717) is 27.3 Å². The summed E-state index contributed by atoms with van der Waals surface area (Å²) < 4.78 is 40.7. The summed E-state index contributed by atoms with van der Waals surface area (Å²) in [7, 11) is 0. The smallest absolute Gasteiger partial charge is 0.506 e. The maximum absolute atomic E-state index is 12.4. The summed E-state index contributed by atoms with van der Waals surface area (Å²) in [5, 5.41) is 17.7. The number of benzene rings is 1. The van der Waals surface area contributed by atoms with Gasteiger partial charge in [-0.25, -0.2) is 5.43 Å². The van der Waals surface area contributed by atoms with Crippen LogP contribution in [0.25, 0.3) is 10.4 Å². The van der Waals surface area contributed by atoms with E-state index < -0.39 is 18.2 Å². The number of carbonyl (C=O) groups is 2. The number of carbonyl (C=O) groups excluding carboxylic acids is 2. The van der Waals surface area contributed by atoms with Gasteiger partial charge in [0.1, 0.15) is 11.5 Å². The van der Waals surface area contributed by atoms with Gasteiger partial charge in [0.15, 0.2) is 0 Å². The number of aromatic hydroxyl groups is 1. The first-order valence-electron chi connectivity index (χ1n) is 8.87. The van der Waals surface area contributed by atoms with Crippen LogP contribution in [0.2, 0.25) is 0 Å². The normalized spacial score (nSPS) is 12.0. The Morgan fingerprint density at radius 3 is 2.31 bits per heavy atom. The van der Waals surface area contributed by atoms with E-state index in [9.17, 15) is 27.9 Å². The number of nitrogens with zero attached hydrogens (tertiary/aromatic N) is 1. The van der Waals surface area contributed by atoms with E-state index >= 15 is 0 Å². The van der Waals surface area contributed by atoms with Crippen molar-refractivity contribution in [1.82, 2.24) is 5.43 Å². The highest BCUT2D eigenvalue weighted by Gasteiger charge is 2.31. The van der Waals surface area contributed by atoms with Gasteiger partial charge < -0.3 is 15.6 Å². The minimum atomic E-state index is -4.79. The zero-order valence-electron chi connectivity index (χ0n) is 16.6.